The van der Waals surface area contributed by atoms with E-state index >= 15 is 0 Å². The van der Waals surface area contributed by atoms with Crippen LogP contribution in [0.15, 0.2) is 71.9 Å². The van der Waals surface area contributed by atoms with Gasteiger partial charge in [-0.05, 0) is 40.5 Å². The van der Waals surface area contributed by atoms with Crippen molar-refractivity contribution in [3.8, 4) is 11.1 Å². The summed E-state index contributed by atoms with van der Waals surface area (Å²) in [4.78, 5) is 22.8. The smallest absolute Gasteiger partial charge is 0.269 e. The Morgan fingerprint density at radius 3 is 2.41 bits per heavy atom. The number of aromatic nitrogens is 1. The van der Waals surface area contributed by atoms with Crippen LogP contribution in [0.3, 0.4) is 0 Å². The first-order chi connectivity index (χ1) is 15.1. The topological polar surface area (TPSA) is 126 Å². The molecule has 2 aromatic carbocycles. The quantitative estimate of drug-likeness (QED) is 0.450. The van der Waals surface area contributed by atoms with E-state index in [0.29, 0.717) is 16.7 Å². The van der Waals surface area contributed by atoms with Gasteiger partial charge in [0, 0.05) is 18.8 Å². The predicted octanol–water partition coefficient (Wildman–Crippen LogP) is 2.31. The summed E-state index contributed by atoms with van der Waals surface area (Å²) in [5, 5.41) is 0. The average molecular weight is 454 g/mol. The zero-order valence-electron chi connectivity index (χ0n) is 16.9. The molecule has 1 amide bonds. The second kappa shape index (κ2) is 7.81. The van der Waals surface area contributed by atoms with Crippen LogP contribution in [0.25, 0.3) is 11.1 Å². The first-order valence-electron chi connectivity index (χ1n) is 9.51. The molecule has 0 fully saturated rings. The van der Waals surface area contributed by atoms with Crippen LogP contribution in [-0.4, -0.2) is 41.8 Å². The number of carbonyl (C=O) groups excluding carboxylic acids is 1. The number of hydrogen-bond donors (Lipinski definition) is 2. The lowest BCUT2D eigenvalue weighted by molar-refractivity contribution is -0.129. The molecule has 164 valence electrons. The number of amides is 1. The van der Waals surface area contributed by atoms with Gasteiger partial charge in [-0.2, -0.15) is 12.8 Å². The number of guanidine groups is 1. The van der Waals surface area contributed by atoms with Crippen LogP contribution in [0.4, 0.5) is 4.39 Å². The van der Waals surface area contributed by atoms with Crippen molar-refractivity contribution in [1.82, 2.24) is 9.88 Å². The molecule has 1 aliphatic heterocycles. The molecule has 2 heterocycles. The zero-order chi connectivity index (χ0) is 23.1. The van der Waals surface area contributed by atoms with E-state index in [9.17, 15) is 22.2 Å². The Morgan fingerprint density at radius 1 is 1.09 bits per heavy atom. The number of likely N-dealkylation sites (N-methyl/N-ethyl adjacent to an activating group) is 1. The van der Waals surface area contributed by atoms with Crippen molar-refractivity contribution in [3.63, 3.8) is 0 Å². The van der Waals surface area contributed by atoms with Crippen molar-refractivity contribution >= 4 is 22.0 Å². The monoisotopic (exact) mass is 454 g/mol. The minimum atomic E-state index is -4.29. The third-order valence-corrected chi connectivity index (χ3v) is 5.98. The Labute approximate surface area is 184 Å². The van der Waals surface area contributed by atoms with Gasteiger partial charge in [0.2, 0.25) is 5.95 Å². The third kappa shape index (κ3) is 3.74. The van der Waals surface area contributed by atoms with Gasteiger partial charge >= 0.3 is 0 Å². The molecule has 32 heavy (non-hydrogen) atoms. The number of aliphatic imine (C=N–C) groups is 1. The lowest BCUT2D eigenvalue weighted by atomic mass is 9.81. The molecule has 1 atom stereocenters. The highest BCUT2D eigenvalue weighted by atomic mass is 32.2. The molecular weight excluding hydrogens is 435 g/mol. The zero-order valence-corrected chi connectivity index (χ0v) is 17.8. The Balaban J connectivity index is 1.93. The van der Waals surface area contributed by atoms with E-state index in [1.807, 2.05) is 0 Å². The van der Waals surface area contributed by atoms with E-state index in [1.165, 1.54) is 30.3 Å². The van der Waals surface area contributed by atoms with Crippen LogP contribution in [-0.2, 0) is 26.2 Å². The summed E-state index contributed by atoms with van der Waals surface area (Å²) in [5.41, 5.74) is 6.16. The first kappa shape index (κ1) is 21.6. The second-order valence-corrected chi connectivity index (χ2v) is 8.85. The summed E-state index contributed by atoms with van der Waals surface area (Å²) < 4.78 is 46.3. The second-order valence-electron chi connectivity index (χ2n) is 7.39. The van der Waals surface area contributed by atoms with Gasteiger partial charge in [-0.25, -0.2) is 9.98 Å². The maximum absolute atomic E-state index is 14.3. The molecule has 1 aromatic heterocycles. The minimum absolute atomic E-state index is 0.0202. The van der Waals surface area contributed by atoms with Crippen LogP contribution in [0.5, 0.6) is 0 Å². The van der Waals surface area contributed by atoms with E-state index < -0.39 is 33.3 Å². The third-order valence-electron chi connectivity index (χ3n) is 5.28. The maximum atomic E-state index is 14.3. The number of nitrogens with two attached hydrogens (primary N) is 1. The van der Waals surface area contributed by atoms with Crippen LogP contribution in [0.2, 0.25) is 0 Å². The van der Waals surface area contributed by atoms with Gasteiger partial charge in [0.05, 0.1) is 0 Å². The van der Waals surface area contributed by atoms with Crippen molar-refractivity contribution in [1.29, 1.82) is 0 Å². The van der Waals surface area contributed by atoms with E-state index in [-0.39, 0.29) is 17.1 Å². The molecule has 0 saturated heterocycles. The largest absolute Gasteiger partial charge is 0.369 e. The van der Waals surface area contributed by atoms with Gasteiger partial charge in [0.15, 0.2) is 11.5 Å². The molecule has 0 bridgehead atoms. The number of carbonyl (C=O) groups is 1. The van der Waals surface area contributed by atoms with Crippen molar-refractivity contribution in [2.75, 3.05) is 7.05 Å². The van der Waals surface area contributed by atoms with Gasteiger partial charge in [0.1, 0.15) is 5.75 Å². The van der Waals surface area contributed by atoms with Crippen molar-refractivity contribution in [2.24, 2.45) is 10.7 Å². The van der Waals surface area contributed by atoms with E-state index in [2.05, 4.69) is 9.98 Å². The van der Waals surface area contributed by atoms with Crippen LogP contribution in [0.1, 0.15) is 16.7 Å². The average Bonchev–Trinajstić information content (AvgIpc) is 2.98. The summed E-state index contributed by atoms with van der Waals surface area (Å²) >= 11 is 0. The van der Waals surface area contributed by atoms with Crippen LogP contribution >= 0.6 is 0 Å². The molecule has 1 unspecified atom stereocenters. The Hall–Kier alpha value is -3.63. The number of rotatable bonds is 5. The fraction of sp³-hybridized carbons (Fsp3) is 0.136. The van der Waals surface area contributed by atoms with Gasteiger partial charge in [-0.15, -0.1) is 0 Å². The molecule has 3 aromatic rings. The Morgan fingerprint density at radius 2 is 1.78 bits per heavy atom. The van der Waals surface area contributed by atoms with E-state index in [0.717, 1.165) is 0 Å². The molecule has 10 heteroatoms. The first-order valence-corrected chi connectivity index (χ1v) is 11.1. The molecule has 0 spiro atoms. The molecular formula is C22H19FN4O4S. The van der Waals surface area contributed by atoms with Crippen molar-refractivity contribution in [3.05, 3.63) is 89.5 Å². The number of pyridine rings is 1. The number of nitrogens with zero attached hydrogens (tertiary/aromatic N) is 3. The minimum Gasteiger partial charge on any atom is -0.369 e. The number of halogens is 1. The van der Waals surface area contributed by atoms with Gasteiger partial charge in [-0.3, -0.25) is 14.2 Å². The van der Waals surface area contributed by atoms with Crippen molar-refractivity contribution < 1.29 is 22.2 Å². The summed E-state index contributed by atoms with van der Waals surface area (Å²) in [5.74, 6) is -1.76. The summed E-state index contributed by atoms with van der Waals surface area (Å²) in [6.45, 7) is 0. The molecule has 4 rings (SSSR count). The summed E-state index contributed by atoms with van der Waals surface area (Å²) in [6, 6.07) is 16.0. The van der Waals surface area contributed by atoms with Crippen molar-refractivity contribution in [2.45, 2.75) is 11.3 Å². The molecule has 0 saturated carbocycles. The normalized spacial score (nSPS) is 18.7. The summed E-state index contributed by atoms with van der Waals surface area (Å²) in [7, 11) is -2.81. The highest BCUT2D eigenvalue weighted by Crippen LogP contribution is 2.41. The highest BCUT2D eigenvalue weighted by Gasteiger charge is 2.49. The van der Waals surface area contributed by atoms with Gasteiger partial charge in [0.25, 0.3) is 16.0 Å². The predicted molar refractivity (Wildman–Crippen MR) is 116 cm³/mol. The maximum Gasteiger partial charge on any atom is 0.269 e. The van der Waals surface area contributed by atoms with E-state index in [4.69, 9.17) is 5.73 Å². The molecule has 1 aliphatic rings. The highest BCUT2D eigenvalue weighted by molar-refractivity contribution is 7.85. The lowest BCUT2D eigenvalue weighted by Gasteiger charge is -2.27. The Kier molecular flexibility index (Phi) is 5.27. The molecule has 8 nitrogen and oxygen atoms in total. The molecule has 0 aliphatic carbocycles. The van der Waals surface area contributed by atoms with Crippen LogP contribution < -0.4 is 5.73 Å². The van der Waals surface area contributed by atoms with Gasteiger partial charge < -0.3 is 5.73 Å². The Bertz CT molecular complexity index is 1360. The SMILES string of the molecule is CN1C(=O)C(c2cccc(CS(=O)(=O)O)c2)(c2cccc(-c3cccnc3F)c2)N=C1N. The molecule has 3 N–H and O–H groups in total. The van der Waals surface area contributed by atoms with Crippen LogP contribution in [0, 0.1) is 5.95 Å². The lowest BCUT2D eigenvalue weighted by Crippen LogP contribution is -2.41. The fourth-order valence-corrected chi connectivity index (χ4v) is 4.39. The standard InChI is InChI=1S/C22H19FN4O4S/c1-27-20(28)22(26-21(27)24,16-7-2-5-14(11-16)13-32(29,30)31)17-8-3-6-15(12-17)18-9-4-10-25-19(18)23/h2-12H,13H2,1H3,(H2,24,26)(H,29,30,31). The fourth-order valence-electron chi connectivity index (χ4n) is 3.79. The summed E-state index contributed by atoms with van der Waals surface area (Å²) in [6.07, 6.45) is 1.34. The van der Waals surface area contributed by atoms with E-state index in [1.54, 1.807) is 48.5 Å². The van der Waals surface area contributed by atoms with Gasteiger partial charge in [-0.1, -0.05) is 42.5 Å². The number of hydrogen-bond acceptors (Lipinski definition) is 6. The number of benzene rings is 2. The molecule has 0 radical (unpaired) electrons.